The van der Waals surface area contributed by atoms with Crippen molar-refractivity contribution in [1.29, 1.82) is 0 Å². The van der Waals surface area contributed by atoms with Crippen molar-refractivity contribution < 1.29 is 9.32 Å². The molecule has 1 heterocycles. The van der Waals surface area contributed by atoms with Crippen LogP contribution in [0.4, 0.5) is 0 Å². The average Bonchev–Trinajstić information content (AvgIpc) is 3.03. The highest BCUT2D eigenvalue weighted by molar-refractivity contribution is 5.94. The van der Waals surface area contributed by atoms with Crippen molar-refractivity contribution in [2.75, 3.05) is 0 Å². The van der Waals surface area contributed by atoms with Crippen LogP contribution in [0.15, 0.2) is 59.1 Å². The van der Waals surface area contributed by atoms with Crippen molar-refractivity contribution in [3.05, 3.63) is 77.0 Å². The van der Waals surface area contributed by atoms with Crippen molar-refractivity contribution in [2.24, 2.45) is 0 Å². The summed E-state index contributed by atoms with van der Waals surface area (Å²) < 4.78 is 5.29. The lowest BCUT2D eigenvalue weighted by atomic mass is 10.1. The maximum Gasteiger partial charge on any atom is 0.251 e. The summed E-state index contributed by atoms with van der Waals surface area (Å²) >= 11 is 0. The van der Waals surface area contributed by atoms with Crippen LogP contribution in [0.1, 0.15) is 27.2 Å². The van der Waals surface area contributed by atoms with Crippen LogP contribution in [0.3, 0.4) is 0 Å². The van der Waals surface area contributed by atoms with E-state index in [-0.39, 0.29) is 5.91 Å². The standard InChI is InChI=1S/C19H18N2O2/c1-13-3-7-15(8-4-13)18-11-17(23-21-18)12-20-19(22)16-9-5-14(2)6-10-16/h3-11H,12H2,1-2H3,(H,20,22). The van der Waals surface area contributed by atoms with Gasteiger partial charge in [-0.2, -0.15) is 0 Å². The number of carbonyl (C=O) groups excluding carboxylic acids is 1. The number of carbonyl (C=O) groups is 1. The Hall–Kier alpha value is -2.88. The molecule has 0 saturated heterocycles. The van der Waals surface area contributed by atoms with E-state index in [0.717, 1.165) is 16.8 Å². The fourth-order valence-electron chi connectivity index (χ4n) is 2.23. The second kappa shape index (κ2) is 6.48. The van der Waals surface area contributed by atoms with Gasteiger partial charge in [0.25, 0.3) is 5.91 Å². The van der Waals surface area contributed by atoms with Gasteiger partial charge in [-0.25, -0.2) is 0 Å². The molecule has 3 rings (SSSR count). The molecule has 0 atom stereocenters. The van der Waals surface area contributed by atoms with Crippen LogP contribution in [0.25, 0.3) is 11.3 Å². The molecule has 4 nitrogen and oxygen atoms in total. The first kappa shape index (κ1) is 15.0. The maximum absolute atomic E-state index is 12.1. The average molecular weight is 306 g/mol. The third-order valence-corrected chi connectivity index (χ3v) is 3.64. The van der Waals surface area contributed by atoms with E-state index >= 15 is 0 Å². The molecule has 4 heteroatoms. The Labute approximate surface area is 135 Å². The Morgan fingerprint density at radius 2 is 1.61 bits per heavy atom. The lowest BCUT2D eigenvalue weighted by Gasteiger charge is -2.03. The molecule has 0 aliphatic carbocycles. The molecular formula is C19H18N2O2. The minimum absolute atomic E-state index is 0.127. The zero-order valence-electron chi connectivity index (χ0n) is 13.2. The zero-order valence-corrected chi connectivity index (χ0v) is 13.2. The SMILES string of the molecule is Cc1ccc(C(=O)NCc2cc(-c3ccc(C)cc3)no2)cc1. The van der Waals surface area contributed by atoms with Gasteiger partial charge < -0.3 is 9.84 Å². The number of amides is 1. The molecule has 0 aliphatic rings. The molecule has 0 radical (unpaired) electrons. The Morgan fingerprint density at radius 1 is 1.00 bits per heavy atom. The summed E-state index contributed by atoms with van der Waals surface area (Å²) in [7, 11) is 0. The van der Waals surface area contributed by atoms with Crippen molar-refractivity contribution in [2.45, 2.75) is 20.4 Å². The van der Waals surface area contributed by atoms with Crippen LogP contribution >= 0.6 is 0 Å². The van der Waals surface area contributed by atoms with Gasteiger partial charge in [0.15, 0.2) is 5.76 Å². The number of rotatable bonds is 4. The van der Waals surface area contributed by atoms with E-state index in [0.29, 0.717) is 17.9 Å². The van der Waals surface area contributed by atoms with Crippen LogP contribution in [-0.4, -0.2) is 11.1 Å². The second-order valence-electron chi connectivity index (χ2n) is 5.59. The molecule has 116 valence electrons. The van der Waals surface area contributed by atoms with E-state index in [1.807, 2.05) is 68.4 Å². The third-order valence-electron chi connectivity index (χ3n) is 3.64. The quantitative estimate of drug-likeness (QED) is 0.795. The van der Waals surface area contributed by atoms with Crippen molar-refractivity contribution >= 4 is 5.91 Å². The molecule has 1 amide bonds. The highest BCUT2D eigenvalue weighted by Gasteiger charge is 2.09. The summed E-state index contributed by atoms with van der Waals surface area (Å²) in [6.07, 6.45) is 0. The van der Waals surface area contributed by atoms with Crippen molar-refractivity contribution in [3.8, 4) is 11.3 Å². The molecule has 3 aromatic rings. The third kappa shape index (κ3) is 3.66. The highest BCUT2D eigenvalue weighted by atomic mass is 16.5. The number of benzene rings is 2. The topological polar surface area (TPSA) is 55.1 Å². The van der Waals surface area contributed by atoms with Crippen molar-refractivity contribution in [3.63, 3.8) is 0 Å². The maximum atomic E-state index is 12.1. The summed E-state index contributed by atoms with van der Waals surface area (Å²) in [6, 6.07) is 17.4. The van der Waals surface area contributed by atoms with Crippen LogP contribution in [0.5, 0.6) is 0 Å². The second-order valence-corrected chi connectivity index (χ2v) is 5.59. The predicted molar refractivity (Wildman–Crippen MR) is 89.0 cm³/mol. The highest BCUT2D eigenvalue weighted by Crippen LogP contribution is 2.19. The van der Waals surface area contributed by atoms with Crippen LogP contribution in [0.2, 0.25) is 0 Å². The molecular weight excluding hydrogens is 288 g/mol. The van der Waals surface area contributed by atoms with Gasteiger partial charge in [-0.3, -0.25) is 4.79 Å². The normalized spacial score (nSPS) is 10.5. The fraction of sp³-hybridized carbons (Fsp3) is 0.158. The number of hydrogen-bond donors (Lipinski definition) is 1. The van der Waals surface area contributed by atoms with Gasteiger partial charge in [-0.15, -0.1) is 0 Å². The Kier molecular flexibility index (Phi) is 4.24. The molecule has 23 heavy (non-hydrogen) atoms. The van der Waals surface area contributed by atoms with E-state index in [2.05, 4.69) is 10.5 Å². The fourth-order valence-corrected chi connectivity index (χ4v) is 2.23. The van der Waals surface area contributed by atoms with Gasteiger partial charge in [0.2, 0.25) is 0 Å². The van der Waals surface area contributed by atoms with E-state index in [9.17, 15) is 4.79 Å². The molecule has 1 aromatic heterocycles. The van der Waals surface area contributed by atoms with Gasteiger partial charge >= 0.3 is 0 Å². The monoisotopic (exact) mass is 306 g/mol. The first-order valence-electron chi connectivity index (χ1n) is 7.49. The number of hydrogen-bond acceptors (Lipinski definition) is 3. The van der Waals surface area contributed by atoms with E-state index in [4.69, 9.17) is 4.52 Å². The summed E-state index contributed by atoms with van der Waals surface area (Å²) in [5.41, 5.74) is 4.72. The molecule has 0 bridgehead atoms. The summed E-state index contributed by atoms with van der Waals surface area (Å²) in [5.74, 6) is 0.499. The number of aryl methyl sites for hydroxylation is 2. The molecule has 0 fully saturated rings. The first-order chi connectivity index (χ1) is 11.1. The van der Waals surface area contributed by atoms with Gasteiger partial charge in [0.1, 0.15) is 5.69 Å². The molecule has 0 aliphatic heterocycles. The Bertz CT molecular complexity index is 802. The van der Waals surface area contributed by atoms with E-state index in [1.54, 1.807) is 0 Å². The summed E-state index contributed by atoms with van der Waals surface area (Å²) in [5, 5.41) is 6.89. The smallest absolute Gasteiger partial charge is 0.251 e. The minimum Gasteiger partial charge on any atom is -0.359 e. The first-order valence-corrected chi connectivity index (χ1v) is 7.49. The lowest BCUT2D eigenvalue weighted by Crippen LogP contribution is -2.22. The molecule has 1 N–H and O–H groups in total. The predicted octanol–water partition coefficient (Wildman–Crippen LogP) is 3.89. The molecule has 2 aromatic carbocycles. The van der Waals surface area contributed by atoms with Gasteiger partial charge in [0, 0.05) is 17.2 Å². The van der Waals surface area contributed by atoms with Gasteiger partial charge in [-0.1, -0.05) is 52.7 Å². The Morgan fingerprint density at radius 3 is 2.26 bits per heavy atom. The van der Waals surface area contributed by atoms with Gasteiger partial charge in [-0.05, 0) is 26.0 Å². The number of nitrogens with zero attached hydrogens (tertiary/aromatic N) is 1. The largest absolute Gasteiger partial charge is 0.359 e. The number of nitrogens with one attached hydrogen (secondary N) is 1. The van der Waals surface area contributed by atoms with E-state index < -0.39 is 0 Å². The molecule has 0 saturated carbocycles. The van der Waals surface area contributed by atoms with Crippen LogP contribution in [0, 0.1) is 13.8 Å². The summed E-state index contributed by atoms with van der Waals surface area (Å²) in [6.45, 7) is 4.34. The zero-order chi connectivity index (χ0) is 16.2. The number of aromatic nitrogens is 1. The lowest BCUT2D eigenvalue weighted by molar-refractivity contribution is 0.0947. The summed E-state index contributed by atoms with van der Waals surface area (Å²) in [4.78, 5) is 12.1. The molecule has 0 spiro atoms. The van der Waals surface area contributed by atoms with Crippen LogP contribution < -0.4 is 5.32 Å². The van der Waals surface area contributed by atoms with Crippen molar-refractivity contribution in [1.82, 2.24) is 10.5 Å². The van der Waals surface area contributed by atoms with Gasteiger partial charge in [0.05, 0.1) is 6.54 Å². The van der Waals surface area contributed by atoms with E-state index in [1.165, 1.54) is 5.56 Å². The Balaban J connectivity index is 1.64. The minimum atomic E-state index is -0.127. The van der Waals surface area contributed by atoms with Crippen LogP contribution in [-0.2, 0) is 6.54 Å². The molecule has 0 unspecified atom stereocenters.